The lowest BCUT2D eigenvalue weighted by Gasteiger charge is -2.43. The molecule has 0 bridgehead atoms. The fraction of sp³-hybridized carbons (Fsp3) is 0.250. The molecule has 6 rings (SSSR count). The van der Waals surface area contributed by atoms with Crippen LogP contribution in [0.2, 0.25) is 12.1 Å². The molecule has 0 saturated carbocycles. The van der Waals surface area contributed by atoms with Gasteiger partial charge in [0.1, 0.15) is 34.5 Å². The highest BCUT2D eigenvalue weighted by molar-refractivity contribution is 6.54. The Hall–Kier alpha value is -5.09. The van der Waals surface area contributed by atoms with Crippen LogP contribution in [0, 0.1) is 13.8 Å². The fourth-order valence-electron chi connectivity index (χ4n) is 6.91. The number of rotatable bonds is 18. The summed E-state index contributed by atoms with van der Waals surface area (Å²) in [6.45, 7) is 14.1. The summed E-state index contributed by atoms with van der Waals surface area (Å²) in [4.78, 5) is 0. The quantitative estimate of drug-likeness (QED) is 0.0816. The van der Waals surface area contributed by atoms with E-state index in [2.05, 4.69) is 100 Å². The Morgan fingerprint density at radius 3 is 1.18 bits per heavy atom. The van der Waals surface area contributed by atoms with Gasteiger partial charge in [0.25, 0.3) is 0 Å². The molecule has 0 fully saturated rings. The van der Waals surface area contributed by atoms with Crippen LogP contribution in [0.1, 0.15) is 49.9 Å². The highest BCUT2D eigenvalue weighted by Gasteiger charge is 2.41. The monoisotopic (exact) mass is 762 g/mol. The highest BCUT2D eigenvalue weighted by Crippen LogP contribution is 2.46. The molecule has 0 aliphatic rings. The van der Waals surface area contributed by atoms with Crippen molar-refractivity contribution in [3.63, 3.8) is 0 Å². The predicted octanol–water partition coefficient (Wildman–Crippen LogP) is 10.7. The van der Waals surface area contributed by atoms with Gasteiger partial charge in [0.05, 0.1) is 43.5 Å². The molecular weight excluding hydrogens is 713 g/mol. The molecule has 0 spiro atoms. The standard InChI is InChI=1S/C48H50O5Si2/c1-7-49-37-25-29-41(30-26-37)54-33-47(5,43-21-15-23-45(35(43)3)51-39-17-11-9-12-18-39)53-48(6,34-55-42-31-27-38(28-32-42)50-8-2)44-22-16-24-46(36(44)4)52-40-19-13-10-14-20-40/h9-32H,7-8,33-34H2,1-6H3. The number of para-hydroxylation sites is 2. The topological polar surface area (TPSA) is 46.2 Å². The van der Waals surface area contributed by atoms with E-state index in [1.165, 1.54) is 10.4 Å². The van der Waals surface area contributed by atoms with Gasteiger partial charge in [-0.15, -0.1) is 0 Å². The van der Waals surface area contributed by atoms with Crippen molar-refractivity contribution < 1.29 is 23.7 Å². The molecule has 0 saturated heterocycles. The Balaban J connectivity index is 1.42. The first kappa shape index (κ1) is 39.6. The first-order valence-corrected chi connectivity index (χ1v) is 21.4. The van der Waals surface area contributed by atoms with Crippen molar-refractivity contribution in [3.05, 3.63) is 168 Å². The third-order valence-electron chi connectivity index (χ3n) is 9.69. The molecule has 5 nitrogen and oxygen atoms in total. The van der Waals surface area contributed by atoms with Gasteiger partial charge >= 0.3 is 0 Å². The summed E-state index contributed by atoms with van der Waals surface area (Å²) < 4.78 is 32.3. The normalized spacial score (nSPS) is 13.3. The molecule has 7 heteroatoms. The molecular formula is C48H50O5Si2. The summed E-state index contributed by atoms with van der Waals surface area (Å²) in [5.41, 5.74) is 2.89. The summed E-state index contributed by atoms with van der Waals surface area (Å²) in [7, 11) is 0.963. The maximum absolute atomic E-state index is 7.79. The summed E-state index contributed by atoms with van der Waals surface area (Å²) in [6, 6.07) is 51.1. The van der Waals surface area contributed by atoms with Crippen LogP contribution in [0.4, 0.5) is 0 Å². The first-order chi connectivity index (χ1) is 26.7. The second kappa shape index (κ2) is 18.5. The average Bonchev–Trinajstić information content (AvgIpc) is 3.20. The maximum atomic E-state index is 7.79. The predicted molar refractivity (Wildman–Crippen MR) is 227 cm³/mol. The minimum absolute atomic E-state index is 0.482. The minimum Gasteiger partial charge on any atom is -0.494 e. The van der Waals surface area contributed by atoms with Gasteiger partial charge in [-0.1, -0.05) is 95.3 Å². The van der Waals surface area contributed by atoms with Crippen LogP contribution in [0.25, 0.3) is 0 Å². The van der Waals surface area contributed by atoms with Crippen LogP contribution >= 0.6 is 0 Å². The van der Waals surface area contributed by atoms with Gasteiger partial charge in [-0.2, -0.15) is 0 Å². The maximum Gasteiger partial charge on any atom is 0.130 e. The van der Waals surface area contributed by atoms with E-state index in [1.807, 2.05) is 86.6 Å². The van der Waals surface area contributed by atoms with Gasteiger partial charge in [0, 0.05) is 0 Å². The van der Waals surface area contributed by atoms with Crippen LogP contribution in [0.15, 0.2) is 146 Å². The Morgan fingerprint density at radius 2 is 0.818 bits per heavy atom. The first-order valence-electron chi connectivity index (χ1n) is 19.0. The largest absolute Gasteiger partial charge is 0.494 e. The van der Waals surface area contributed by atoms with Crippen LogP contribution in [-0.2, 0) is 15.9 Å². The summed E-state index contributed by atoms with van der Waals surface area (Å²) in [5, 5.41) is 2.50. The summed E-state index contributed by atoms with van der Waals surface area (Å²) in [5.74, 6) is 4.99. The second-order valence-electron chi connectivity index (χ2n) is 13.9. The molecule has 0 aromatic heterocycles. The molecule has 6 aromatic rings. The smallest absolute Gasteiger partial charge is 0.130 e. The van der Waals surface area contributed by atoms with E-state index in [9.17, 15) is 0 Å². The van der Waals surface area contributed by atoms with Gasteiger partial charge in [0.15, 0.2) is 0 Å². The SMILES string of the molecule is CCOc1ccc([Si]CC(C)(OC(C)(C[Si]c2ccc(OCC)cc2)c2cccc(Oc3ccccc3)c2C)c2cccc(Oc3ccccc3)c2C)cc1. The Bertz CT molecular complexity index is 1950. The van der Waals surface area contributed by atoms with Crippen LogP contribution < -0.4 is 29.3 Å². The molecule has 55 heavy (non-hydrogen) atoms. The van der Waals surface area contributed by atoms with Crippen molar-refractivity contribution in [1.82, 2.24) is 0 Å². The van der Waals surface area contributed by atoms with E-state index in [0.717, 1.165) is 68.8 Å². The third-order valence-corrected chi connectivity index (χ3v) is 12.9. The highest BCUT2D eigenvalue weighted by atomic mass is 28.2. The number of hydrogen-bond acceptors (Lipinski definition) is 5. The molecule has 0 heterocycles. The molecule has 4 radical (unpaired) electrons. The van der Waals surface area contributed by atoms with E-state index >= 15 is 0 Å². The molecule has 6 aromatic carbocycles. The van der Waals surface area contributed by atoms with Crippen LogP contribution in [-0.4, -0.2) is 32.3 Å². The zero-order valence-corrected chi connectivity index (χ0v) is 34.7. The van der Waals surface area contributed by atoms with Crippen molar-refractivity contribution in [2.75, 3.05) is 13.2 Å². The zero-order valence-electron chi connectivity index (χ0n) is 32.7. The molecule has 2 atom stereocenters. The van der Waals surface area contributed by atoms with E-state index in [4.69, 9.17) is 23.7 Å². The molecule has 0 N–H and O–H groups in total. The van der Waals surface area contributed by atoms with Crippen molar-refractivity contribution >= 4 is 29.4 Å². The number of benzene rings is 6. The molecule has 0 aliphatic heterocycles. The molecule has 2 unspecified atom stereocenters. The van der Waals surface area contributed by atoms with E-state index < -0.39 is 11.2 Å². The van der Waals surface area contributed by atoms with E-state index in [-0.39, 0.29) is 0 Å². The minimum atomic E-state index is -0.710. The van der Waals surface area contributed by atoms with Crippen molar-refractivity contribution in [2.45, 2.75) is 64.8 Å². The van der Waals surface area contributed by atoms with Gasteiger partial charge in [-0.3, -0.25) is 0 Å². The Labute approximate surface area is 332 Å². The fourth-order valence-corrected chi connectivity index (χ4v) is 9.32. The van der Waals surface area contributed by atoms with Crippen LogP contribution in [0.3, 0.4) is 0 Å². The lowest BCUT2D eigenvalue weighted by molar-refractivity contribution is -0.132. The Morgan fingerprint density at radius 1 is 0.436 bits per heavy atom. The summed E-state index contributed by atoms with van der Waals surface area (Å²) >= 11 is 0. The van der Waals surface area contributed by atoms with Crippen LogP contribution in [0.5, 0.6) is 34.5 Å². The molecule has 280 valence electrons. The van der Waals surface area contributed by atoms with Gasteiger partial charge in [-0.25, -0.2) is 0 Å². The number of hydrogen-bond donors (Lipinski definition) is 0. The van der Waals surface area contributed by atoms with Crippen molar-refractivity contribution in [3.8, 4) is 34.5 Å². The lowest BCUT2D eigenvalue weighted by atomic mass is 9.88. The van der Waals surface area contributed by atoms with E-state index in [1.54, 1.807) is 0 Å². The van der Waals surface area contributed by atoms with Crippen molar-refractivity contribution in [1.29, 1.82) is 0 Å². The summed E-state index contributed by atoms with van der Waals surface area (Å²) in [6.07, 6.45) is 0. The lowest BCUT2D eigenvalue weighted by Crippen LogP contribution is -2.41. The molecule has 0 amide bonds. The van der Waals surface area contributed by atoms with Gasteiger partial charge in [0.2, 0.25) is 0 Å². The van der Waals surface area contributed by atoms with Crippen molar-refractivity contribution in [2.24, 2.45) is 0 Å². The van der Waals surface area contributed by atoms with E-state index in [0.29, 0.717) is 32.3 Å². The average molecular weight is 763 g/mol. The molecule has 0 aliphatic carbocycles. The van der Waals surface area contributed by atoms with Gasteiger partial charge in [-0.05, 0) is 137 Å². The third kappa shape index (κ3) is 10.2. The Kier molecular flexibility index (Phi) is 13.3. The number of ether oxygens (including phenoxy) is 5. The zero-order chi connectivity index (χ0) is 38.7. The second-order valence-corrected chi connectivity index (χ2v) is 16.4. The van der Waals surface area contributed by atoms with Gasteiger partial charge < -0.3 is 23.7 Å².